The molecule has 2 rings (SSSR count). The SMILES string of the molecule is N#Cc1cccnc1/C=C(\O)c1ccncc1. The lowest BCUT2D eigenvalue weighted by Crippen LogP contribution is -1.89. The lowest BCUT2D eigenvalue weighted by atomic mass is 10.1. The van der Waals surface area contributed by atoms with E-state index in [0.717, 1.165) is 0 Å². The van der Waals surface area contributed by atoms with Crippen molar-refractivity contribution in [1.82, 2.24) is 9.97 Å². The van der Waals surface area contributed by atoms with E-state index in [-0.39, 0.29) is 5.76 Å². The number of nitrogens with zero attached hydrogens (tertiary/aromatic N) is 3. The molecule has 82 valence electrons. The molecule has 0 atom stereocenters. The molecule has 0 saturated carbocycles. The van der Waals surface area contributed by atoms with Crippen LogP contribution in [0.1, 0.15) is 16.8 Å². The van der Waals surface area contributed by atoms with Gasteiger partial charge in [0.15, 0.2) is 0 Å². The predicted molar refractivity (Wildman–Crippen MR) is 63.7 cm³/mol. The molecule has 0 saturated heterocycles. The van der Waals surface area contributed by atoms with Crippen molar-refractivity contribution in [2.24, 2.45) is 0 Å². The van der Waals surface area contributed by atoms with E-state index in [1.54, 1.807) is 42.9 Å². The zero-order valence-corrected chi connectivity index (χ0v) is 8.91. The highest BCUT2D eigenvalue weighted by molar-refractivity contribution is 5.76. The molecule has 0 spiro atoms. The van der Waals surface area contributed by atoms with Crippen LogP contribution in [0.15, 0.2) is 42.9 Å². The first-order valence-corrected chi connectivity index (χ1v) is 4.97. The molecule has 0 aliphatic rings. The molecule has 4 heteroatoms. The fourth-order valence-electron chi connectivity index (χ4n) is 1.36. The van der Waals surface area contributed by atoms with Gasteiger partial charge in [0, 0.05) is 30.2 Å². The molecule has 2 aromatic rings. The summed E-state index contributed by atoms with van der Waals surface area (Å²) in [6.07, 6.45) is 6.21. The minimum absolute atomic E-state index is 0.0580. The first-order chi connectivity index (χ1) is 8.31. The number of aliphatic hydroxyl groups excluding tert-OH is 1. The summed E-state index contributed by atoms with van der Waals surface area (Å²) < 4.78 is 0. The topological polar surface area (TPSA) is 69.8 Å². The summed E-state index contributed by atoms with van der Waals surface area (Å²) in [6, 6.07) is 8.72. The third-order valence-electron chi connectivity index (χ3n) is 2.21. The zero-order valence-electron chi connectivity index (χ0n) is 8.91. The van der Waals surface area contributed by atoms with Crippen molar-refractivity contribution in [3.05, 3.63) is 59.7 Å². The van der Waals surface area contributed by atoms with Crippen LogP contribution in [0.25, 0.3) is 11.8 Å². The van der Waals surface area contributed by atoms with Crippen molar-refractivity contribution in [3.8, 4) is 6.07 Å². The first-order valence-electron chi connectivity index (χ1n) is 4.97. The fraction of sp³-hybridized carbons (Fsp3) is 0. The molecular formula is C13H9N3O. The fourth-order valence-corrected chi connectivity index (χ4v) is 1.36. The average Bonchev–Trinajstić information content (AvgIpc) is 2.40. The van der Waals surface area contributed by atoms with E-state index in [1.165, 1.54) is 6.08 Å². The van der Waals surface area contributed by atoms with Crippen LogP contribution in [0.3, 0.4) is 0 Å². The van der Waals surface area contributed by atoms with E-state index in [2.05, 4.69) is 9.97 Å². The van der Waals surface area contributed by atoms with Gasteiger partial charge in [0.25, 0.3) is 0 Å². The van der Waals surface area contributed by atoms with Crippen molar-refractivity contribution >= 4 is 11.8 Å². The summed E-state index contributed by atoms with van der Waals surface area (Å²) in [5, 5.41) is 18.8. The van der Waals surface area contributed by atoms with Crippen LogP contribution in [0, 0.1) is 11.3 Å². The van der Waals surface area contributed by atoms with Gasteiger partial charge in [0.1, 0.15) is 11.8 Å². The van der Waals surface area contributed by atoms with Crippen LogP contribution in [-0.4, -0.2) is 15.1 Å². The number of aromatic nitrogens is 2. The summed E-state index contributed by atoms with van der Waals surface area (Å²) >= 11 is 0. The van der Waals surface area contributed by atoms with E-state index >= 15 is 0 Å². The third-order valence-corrected chi connectivity index (χ3v) is 2.21. The number of aliphatic hydroxyl groups is 1. The molecule has 0 fully saturated rings. The van der Waals surface area contributed by atoms with Gasteiger partial charge in [0.2, 0.25) is 0 Å². The monoisotopic (exact) mass is 223 g/mol. The van der Waals surface area contributed by atoms with E-state index < -0.39 is 0 Å². The Labute approximate surface area is 98.5 Å². The van der Waals surface area contributed by atoms with Gasteiger partial charge in [-0.2, -0.15) is 5.26 Å². The third kappa shape index (κ3) is 2.47. The molecule has 1 N–H and O–H groups in total. The molecule has 0 aliphatic carbocycles. The van der Waals surface area contributed by atoms with E-state index in [4.69, 9.17) is 5.26 Å². The largest absolute Gasteiger partial charge is 0.507 e. The van der Waals surface area contributed by atoms with E-state index in [0.29, 0.717) is 16.8 Å². The van der Waals surface area contributed by atoms with Gasteiger partial charge < -0.3 is 5.11 Å². The Kier molecular flexibility index (Phi) is 3.13. The summed E-state index contributed by atoms with van der Waals surface area (Å²) in [5.74, 6) is 0.0580. The molecule has 0 unspecified atom stereocenters. The molecule has 0 amide bonds. The highest BCUT2D eigenvalue weighted by Crippen LogP contribution is 2.15. The summed E-state index contributed by atoms with van der Waals surface area (Å²) in [6.45, 7) is 0. The Morgan fingerprint density at radius 2 is 2.00 bits per heavy atom. The average molecular weight is 223 g/mol. The van der Waals surface area contributed by atoms with E-state index in [9.17, 15) is 5.11 Å². The maximum atomic E-state index is 9.88. The summed E-state index contributed by atoms with van der Waals surface area (Å²) in [4.78, 5) is 7.90. The Bertz CT molecular complexity index is 585. The van der Waals surface area contributed by atoms with Crippen molar-refractivity contribution < 1.29 is 5.11 Å². The Morgan fingerprint density at radius 1 is 1.24 bits per heavy atom. The van der Waals surface area contributed by atoms with Crippen molar-refractivity contribution in [3.63, 3.8) is 0 Å². The van der Waals surface area contributed by atoms with Crippen molar-refractivity contribution in [2.75, 3.05) is 0 Å². The van der Waals surface area contributed by atoms with Crippen molar-refractivity contribution in [1.29, 1.82) is 5.26 Å². The molecule has 0 aromatic carbocycles. The van der Waals surface area contributed by atoms with Gasteiger partial charge in [-0.1, -0.05) is 0 Å². The molecular weight excluding hydrogens is 214 g/mol. The maximum absolute atomic E-state index is 9.88. The van der Waals surface area contributed by atoms with Gasteiger partial charge in [-0.25, -0.2) is 0 Å². The van der Waals surface area contributed by atoms with Gasteiger partial charge in [0.05, 0.1) is 11.3 Å². The summed E-state index contributed by atoms with van der Waals surface area (Å²) in [5.41, 5.74) is 1.51. The number of hydrogen-bond donors (Lipinski definition) is 1. The van der Waals surface area contributed by atoms with Crippen LogP contribution in [0.5, 0.6) is 0 Å². The quantitative estimate of drug-likeness (QED) is 0.793. The number of pyridine rings is 2. The van der Waals surface area contributed by atoms with Gasteiger partial charge >= 0.3 is 0 Å². The Morgan fingerprint density at radius 3 is 2.71 bits per heavy atom. The second-order valence-electron chi connectivity index (χ2n) is 3.31. The number of nitriles is 1. The van der Waals surface area contributed by atoms with Crippen LogP contribution < -0.4 is 0 Å². The predicted octanol–water partition coefficient (Wildman–Crippen LogP) is 2.40. The molecule has 17 heavy (non-hydrogen) atoms. The molecule has 4 nitrogen and oxygen atoms in total. The van der Waals surface area contributed by atoms with Crippen LogP contribution in [0.2, 0.25) is 0 Å². The standard InChI is InChI=1S/C13H9N3O/c14-9-11-2-1-5-16-12(11)8-13(17)10-3-6-15-7-4-10/h1-8,17H/b13-8-. The molecule has 0 aliphatic heterocycles. The van der Waals surface area contributed by atoms with Crippen LogP contribution in [0.4, 0.5) is 0 Å². The second-order valence-corrected chi connectivity index (χ2v) is 3.31. The second kappa shape index (κ2) is 4.90. The van der Waals surface area contributed by atoms with Gasteiger partial charge in [-0.15, -0.1) is 0 Å². The Hall–Kier alpha value is -2.67. The molecule has 0 radical (unpaired) electrons. The minimum Gasteiger partial charge on any atom is -0.507 e. The van der Waals surface area contributed by atoms with Gasteiger partial charge in [-0.05, 0) is 24.3 Å². The Balaban J connectivity index is 2.41. The molecule has 0 bridgehead atoms. The summed E-state index contributed by atoms with van der Waals surface area (Å²) in [7, 11) is 0. The van der Waals surface area contributed by atoms with E-state index in [1.807, 2.05) is 6.07 Å². The smallest absolute Gasteiger partial charge is 0.125 e. The number of rotatable bonds is 2. The molecule has 2 heterocycles. The lowest BCUT2D eigenvalue weighted by molar-refractivity contribution is 0.515. The lowest BCUT2D eigenvalue weighted by Gasteiger charge is -2.00. The first kappa shape index (κ1) is 10.8. The molecule has 2 aromatic heterocycles. The highest BCUT2D eigenvalue weighted by Gasteiger charge is 2.03. The van der Waals surface area contributed by atoms with Crippen molar-refractivity contribution in [2.45, 2.75) is 0 Å². The zero-order chi connectivity index (χ0) is 12.1. The highest BCUT2D eigenvalue weighted by atomic mass is 16.3. The van der Waals surface area contributed by atoms with Crippen LogP contribution >= 0.6 is 0 Å². The minimum atomic E-state index is 0.0580. The van der Waals surface area contributed by atoms with Gasteiger partial charge in [-0.3, -0.25) is 9.97 Å². The van der Waals surface area contributed by atoms with Crippen LogP contribution in [-0.2, 0) is 0 Å². The maximum Gasteiger partial charge on any atom is 0.125 e. The number of hydrogen-bond acceptors (Lipinski definition) is 4. The normalized spacial score (nSPS) is 10.9.